The number of carbonyl (C=O) groups is 1. The van der Waals surface area contributed by atoms with Crippen molar-refractivity contribution >= 4 is 44.9 Å². The van der Waals surface area contributed by atoms with E-state index in [2.05, 4.69) is 26.6 Å². The molecule has 7 heteroatoms. The molecule has 5 nitrogen and oxygen atoms in total. The second-order valence-electron chi connectivity index (χ2n) is 3.99. The number of nitrogens with one attached hydrogen (secondary N) is 2. The smallest absolute Gasteiger partial charge is 0.323 e. The Morgan fingerprint density at radius 2 is 1.86 bits per heavy atom. The van der Waals surface area contributed by atoms with Crippen LogP contribution in [0.5, 0.6) is 5.75 Å². The van der Waals surface area contributed by atoms with Gasteiger partial charge in [0.05, 0.1) is 16.9 Å². The summed E-state index contributed by atoms with van der Waals surface area (Å²) in [6, 6.07) is 11.2. The van der Waals surface area contributed by atoms with Gasteiger partial charge in [0.15, 0.2) is 5.75 Å². The minimum Gasteiger partial charge on any atom is -0.504 e. The average molecular weight is 367 g/mol. The topological polar surface area (TPSA) is 85.2 Å². The Morgan fingerprint density at radius 3 is 2.52 bits per heavy atom. The fourth-order valence-electron chi connectivity index (χ4n) is 1.59. The number of phenolic OH excluding ortho intramolecular Hbond substituents is 1. The van der Waals surface area contributed by atoms with Crippen molar-refractivity contribution in [1.82, 2.24) is 0 Å². The second-order valence-corrected chi connectivity index (χ2v) is 5.23. The third kappa shape index (κ3) is 3.45. The minimum absolute atomic E-state index is 0.101. The molecule has 0 saturated heterocycles. The number of benzene rings is 2. The number of aromatic hydroxyl groups is 1. The summed E-state index contributed by atoms with van der Waals surface area (Å²) in [6.45, 7) is 0. The Balaban J connectivity index is 2.16. The van der Waals surface area contributed by atoms with Crippen LogP contribution in [0.15, 0.2) is 40.9 Å². The highest BCUT2D eigenvalue weighted by Crippen LogP contribution is 2.34. The normalized spacial score (nSPS) is 9.76. The Labute approximate surface area is 134 Å². The number of hydrogen-bond acceptors (Lipinski definition) is 3. The Hall–Kier alpha value is -2.23. The van der Waals surface area contributed by atoms with E-state index in [-0.39, 0.29) is 22.0 Å². The van der Waals surface area contributed by atoms with Crippen molar-refractivity contribution in [2.75, 3.05) is 10.6 Å². The highest BCUT2D eigenvalue weighted by Gasteiger charge is 2.13. The van der Waals surface area contributed by atoms with E-state index in [0.717, 1.165) is 4.47 Å². The van der Waals surface area contributed by atoms with Gasteiger partial charge in [0, 0.05) is 4.47 Å². The quantitative estimate of drug-likeness (QED) is 0.692. The van der Waals surface area contributed by atoms with Gasteiger partial charge < -0.3 is 15.7 Å². The van der Waals surface area contributed by atoms with Gasteiger partial charge in [-0.25, -0.2) is 4.79 Å². The van der Waals surface area contributed by atoms with Crippen LogP contribution >= 0.6 is 27.5 Å². The number of nitriles is 1. The first kappa shape index (κ1) is 15.2. The van der Waals surface area contributed by atoms with Crippen molar-refractivity contribution in [3.63, 3.8) is 0 Å². The molecule has 0 atom stereocenters. The monoisotopic (exact) mass is 365 g/mol. The number of para-hydroxylation sites is 1. The molecule has 0 aliphatic heterocycles. The van der Waals surface area contributed by atoms with Crippen LogP contribution in [-0.4, -0.2) is 11.1 Å². The Bertz CT molecular complexity index is 743. The van der Waals surface area contributed by atoms with Crippen molar-refractivity contribution < 1.29 is 9.90 Å². The summed E-state index contributed by atoms with van der Waals surface area (Å²) < 4.78 is 0.724. The zero-order valence-corrected chi connectivity index (χ0v) is 12.9. The third-order valence-corrected chi connectivity index (χ3v) is 3.68. The highest BCUT2D eigenvalue weighted by molar-refractivity contribution is 9.10. The predicted molar refractivity (Wildman–Crippen MR) is 84.6 cm³/mol. The fraction of sp³-hybridized carbons (Fsp3) is 0. The van der Waals surface area contributed by atoms with E-state index in [4.69, 9.17) is 16.9 Å². The SMILES string of the molecule is N#Cc1ccc(NC(=O)Nc2ccccc2Br)c(O)c1Cl. The molecule has 0 saturated carbocycles. The van der Waals surface area contributed by atoms with E-state index in [1.165, 1.54) is 12.1 Å². The van der Waals surface area contributed by atoms with E-state index in [1.807, 2.05) is 12.1 Å². The van der Waals surface area contributed by atoms with Crippen LogP contribution in [0.4, 0.5) is 16.2 Å². The molecule has 0 aromatic heterocycles. The molecule has 2 amide bonds. The van der Waals surface area contributed by atoms with Gasteiger partial charge in [-0.1, -0.05) is 23.7 Å². The lowest BCUT2D eigenvalue weighted by Gasteiger charge is -2.11. The molecule has 2 rings (SSSR count). The molecule has 21 heavy (non-hydrogen) atoms. The zero-order valence-electron chi connectivity index (χ0n) is 10.5. The molecule has 0 spiro atoms. The van der Waals surface area contributed by atoms with Crippen LogP contribution in [0.1, 0.15) is 5.56 Å². The largest absolute Gasteiger partial charge is 0.504 e. The van der Waals surface area contributed by atoms with Gasteiger partial charge in [-0.05, 0) is 40.2 Å². The first-order valence-electron chi connectivity index (χ1n) is 5.77. The summed E-state index contributed by atoms with van der Waals surface area (Å²) in [7, 11) is 0. The molecular weight excluding hydrogens is 358 g/mol. The lowest BCUT2D eigenvalue weighted by molar-refractivity contribution is 0.262. The minimum atomic E-state index is -0.544. The number of carbonyl (C=O) groups excluding carboxylic acids is 1. The van der Waals surface area contributed by atoms with Crippen molar-refractivity contribution in [3.05, 3.63) is 51.5 Å². The highest BCUT2D eigenvalue weighted by atomic mass is 79.9. The lowest BCUT2D eigenvalue weighted by atomic mass is 10.2. The van der Waals surface area contributed by atoms with Crippen LogP contribution < -0.4 is 10.6 Å². The maximum atomic E-state index is 11.9. The third-order valence-electron chi connectivity index (χ3n) is 2.61. The summed E-state index contributed by atoms with van der Waals surface area (Å²) in [5.74, 6) is -0.349. The molecule has 0 aliphatic rings. The van der Waals surface area contributed by atoms with Crippen molar-refractivity contribution in [1.29, 1.82) is 5.26 Å². The van der Waals surface area contributed by atoms with Crippen molar-refractivity contribution in [3.8, 4) is 11.8 Å². The number of hydrogen-bond donors (Lipinski definition) is 3. The number of anilines is 2. The molecule has 0 unspecified atom stereocenters. The maximum Gasteiger partial charge on any atom is 0.323 e. The van der Waals surface area contributed by atoms with Gasteiger partial charge in [0.1, 0.15) is 11.1 Å². The second kappa shape index (κ2) is 6.48. The van der Waals surface area contributed by atoms with Crippen LogP contribution in [0.3, 0.4) is 0 Å². The van der Waals surface area contributed by atoms with Crippen molar-refractivity contribution in [2.45, 2.75) is 0 Å². The first-order chi connectivity index (χ1) is 10.0. The maximum absolute atomic E-state index is 11.9. The van der Waals surface area contributed by atoms with Crippen LogP contribution in [-0.2, 0) is 0 Å². The number of urea groups is 1. The van der Waals surface area contributed by atoms with Crippen molar-refractivity contribution in [2.24, 2.45) is 0 Å². The number of halogens is 2. The van der Waals surface area contributed by atoms with E-state index < -0.39 is 6.03 Å². The van der Waals surface area contributed by atoms with E-state index in [0.29, 0.717) is 5.69 Å². The van der Waals surface area contributed by atoms with E-state index >= 15 is 0 Å². The van der Waals surface area contributed by atoms with Crippen LogP contribution in [0.2, 0.25) is 5.02 Å². The molecule has 0 radical (unpaired) electrons. The summed E-state index contributed by atoms with van der Waals surface area (Å²) in [5, 5.41) is 23.6. The van der Waals surface area contributed by atoms with Gasteiger partial charge in [0.2, 0.25) is 0 Å². The van der Waals surface area contributed by atoms with Gasteiger partial charge in [-0.3, -0.25) is 0 Å². The van der Waals surface area contributed by atoms with Gasteiger partial charge >= 0.3 is 6.03 Å². The van der Waals surface area contributed by atoms with Gasteiger partial charge in [-0.15, -0.1) is 0 Å². The molecule has 3 N–H and O–H groups in total. The van der Waals surface area contributed by atoms with E-state index in [1.54, 1.807) is 18.2 Å². The molecular formula is C14H9BrClN3O2. The summed E-state index contributed by atoms with van der Waals surface area (Å²) in [5.41, 5.74) is 0.823. The summed E-state index contributed by atoms with van der Waals surface area (Å²) >= 11 is 9.12. The summed E-state index contributed by atoms with van der Waals surface area (Å²) in [4.78, 5) is 11.9. The van der Waals surface area contributed by atoms with Gasteiger partial charge in [-0.2, -0.15) is 5.26 Å². The number of rotatable bonds is 2. The lowest BCUT2D eigenvalue weighted by Crippen LogP contribution is -2.19. The molecule has 2 aromatic carbocycles. The molecule has 0 heterocycles. The van der Waals surface area contributed by atoms with Crippen LogP contribution in [0.25, 0.3) is 0 Å². The van der Waals surface area contributed by atoms with Crippen LogP contribution in [0, 0.1) is 11.3 Å². The first-order valence-corrected chi connectivity index (χ1v) is 6.94. The molecule has 106 valence electrons. The number of phenols is 1. The Morgan fingerprint density at radius 1 is 1.19 bits per heavy atom. The average Bonchev–Trinajstić information content (AvgIpc) is 2.47. The standard InChI is InChI=1S/C14H9BrClN3O2/c15-9-3-1-2-4-10(9)18-14(21)19-11-6-5-8(7-17)12(16)13(11)20/h1-6,20H,(H2,18,19,21). The summed E-state index contributed by atoms with van der Waals surface area (Å²) in [6.07, 6.45) is 0. The molecule has 2 aromatic rings. The number of amides is 2. The Kier molecular flexibility index (Phi) is 4.68. The van der Waals surface area contributed by atoms with Gasteiger partial charge in [0.25, 0.3) is 0 Å². The van der Waals surface area contributed by atoms with E-state index in [9.17, 15) is 9.90 Å². The molecule has 0 fully saturated rings. The predicted octanol–water partition coefficient (Wildman–Crippen LogP) is 4.32. The zero-order chi connectivity index (χ0) is 15.4. The number of nitrogens with zero attached hydrogens (tertiary/aromatic N) is 1. The molecule has 0 aliphatic carbocycles. The molecule has 0 bridgehead atoms. The fourth-order valence-corrected chi connectivity index (χ4v) is 2.18.